The van der Waals surface area contributed by atoms with E-state index in [1.54, 1.807) is 24.1 Å². The van der Waals surface area contributed by atoms with Crippen LogP contribution in [0.15, 0.2) is 29.3 Å². The molecule has 1 heterocycles. The third-order valence-electron chi connectivity index (χ3n) is 4.33. The van der Waals surface area contributed by atoms with Crippen molar-refractivity contribution in [1.29, 1.82) is 0 Å². The molecule has 6 nitrogen and oxygen atoms in total. The number of guanidine groups is 1. The molecule has 1 aliphatic rings. The summed E-state index contributed by atoms with van der Waals surface area (Å²) >= 11 is 0. The topological polar surface area (TPSA) is 66.0 Å². The molecular weight excluding hydrogens is 474 g/mol. The van der Waals surface area contributed by atoms with Gasteiger partial charge in [-0.2, -0.15) is 0 Å². The number of carbonyl (C=O) groups excluding carboxylic acids is 1. The van der Waals surface area contributed by atoms with Crippen molar-refractivity contribution in [2.45, 2.75) is 45.8 Å². The Morgan fingerprint density at radius 3 is 2.57 bits per heavy atom. The predicted molar refractivity (Wildman–Crippen MR) is 121 cm³/mol. The molecule has 0 bridgehead atoms. The molecular formula is C20H32FIN4O2. The second-order valence-electron chi connectivity index (χ2n) is 7.87. The molecule has 2 rings (SSSR count). The monoisotopic (exact) mass is 506 g/mol. The van der Waals surface area contributed by atoms with Gasteiger partial charge in [0.25, 0.3) is 0 Å². The van der Waals surface area contributed by atoms with E-state index in [0.29, 0.717) is 25.0 Å². The van der Waals surface area contributed by atoms with Crippen LogP contribution in [0.2, 0.25) is 0 Å². The standard InChI is InChI=1S/C20H31FN4O2.HI/c1-20(2,3)27-19(26)25-11-5-6-16(14-25)13-24-18(22-4)23-12-15-7-9-17(21)10-8-15;/h7-10,16H,5-6,11-14H2,1-4H3,(H2,22,23,24);1H. The van der Waals surface area contributed by atoms with Gasteiger partial charge in [0.15, 0.2) is 5.96 Å². The summed E-state index contributed by atoms with van der Waals surface area (Å²) in [7, 11) is 1.72. The van der Waals surface area contributed by atoms with Gasteiger partial charge in [-0.15, -0.1) is 24.0 Å². The highest BCUT2D eigenvalue weighted by atomic mass is 127. The molecule has 0 aliphatic carbocycles. The van der Waals surface area contributed by atoms with E-state index >= 15 is 0 Å². The first kappa shape index (κ1) is 24.5. The Kier molecular flexibility index (Phi) is 9.98. The van der Waals surface area contributed by atoms with Crippen LogP contribution in [0.1, 0.15) is 39.2 Å². The molecule has 28 heavy (non-hydrogen) atoms. The fraction of sp³-hybridized carbons (Fsp3) is 0.600. The summed E-state index contributed by atoms with van der Waals surface area (Å²) in [4.78, 5) is 18.3. The van der Waals surface area contributed by atoms with Gasteiger partial charge in [-0.25, -0.2) is 9.18 Å². The number of nitrogens with zero attached hydrogens (tertiary/aromatic N) is 2. The van der Waals surface area contributed by atoms with E-state index in [0.717, 1.165) is 31.5 Å². The Labute approximate surface area is 184 Å². The number of ether oxygens (including phenoxy) is 1. The summed E-state index contributed by atoms with van der Waals surface area (Å²) in [5.41, 5.74) is 0.502. The molecule has 0 aromatic heterocycles. The number of halogens is 2. The number of benzene rings is 1. The van der Waals surface area contributed by atoms with E-state index in [1.807, 2.05) is 20.8 Å². The lowest BCUT2D eigenvalue weighted by atomic mass is 9.98. The van der Waals surface area contributed by atoms with Crippen LogP contribution < -0.4 is 10.6 Å². The Bertz CT molecular complexity index is 647. The maximum atomic E-state index is 13.0. The van der Waals surface area contributed by atoms with Crippen molar-refractivity contribution in [3.05, 3.63) is 35.6 Å². The minimum Gasteiger partial charge on any atom is -0.444 e. The SMILES string of the molecule is CN=C(NCc1ccc(F)cc1)NCC1CCCN(C(=O)OC(C)(C)C)C1.I. The Hall–Kier alpha value is -1.58. The maximum Gasteiger partial charge on any atom is 0.410 e. The van der Waals surface area contributed by atoms with Crippen molar-refractivity contribution in [2.75, 3.05) is 26.7 Å². The van der Waals surface area contributed by atoms with Gasteiger partial charge in [-0.05, 0) is 57.2 Å². The molecule has 0 saturated carbocycles. The molecule has 158 valence electrons. The van der Waals surface area contributed by atoms with Gasteiger partial charge in [-0.1, -0.05) is 12.1 Å². The average Bonchev–Trinajstić information content (AvgIpc) is 2.62. The molecule has 1 aromatic carbocycles. The van der Waals surface area contributed by atoms with Crippen LogP contribution in [-0.4, -0.2) is 49.2 Å². The predicted octanol–water partition coefficient (Wildman–Crippen LogP) is 3.76. The van der Waals surface area contributed by atoms with Gasteiger partial charge >= 0.3 is 6.09 Å². The maximum absolute atomic E-state index is 13.0. The Morgan fingerprint density at radius 2 is 1.96 bits per heavy atom. The molecule has 1 aliphatic heterocycles. The number of amides is 1. The van der Waals surface area contributed by atoms with Crippen LogP contribution in [0.5, 0.6) is 0 Å². The van der Waals surface area contributed by atoms with E-state index in [9.17, 15) is 9.18 Å². The number of piperidine rings is 1. The van der Waals surface area contributed by atoms with Crippen LogP contribution in [0.3, 0.4) is 0 Å². The second kappa shape index (κ2) is 11.4. The van der Waals surface area contributed by atoms with Gasteiger partial charge in [-0.3, -0.25) is 4.99 Å². The van der Waals surface area contributed by atoms with Gasteiger partial charge in [0.05, 0.1) is 0 Å². The molecule has 1 fully saturated rings. The third kappa shape index (κ3) is 8.62. The van der Waals surface area contributed by atoms with Crippen LogP contribution in [0.25, 0.3) is 0 Å². The molecule has 2 N–H and O–H groups in total. The third-order valence-corrected chi connectivity index (χ3v) is 4.33. The summed E-state index contributed by atoms with van der Waals surface area (Å²) in [6.07, 6.45) is 1.78. The molecule has 1 saturated heterocycles. The summed E-state index contributed by atoms with van der Waals surface area (Å²) < 4.78 is 18.4. The number of nitrogens with one attached hydrogen (secondary N) is 2. The highest BCUT2D eigenvalue weighted by Crippen LogP contribution is 2.18. The number of hydrogen-bond donors (Lipinski definition) is 2. The zero-order valence-electron chi connectivity index (χ0n) is 17.1. The molecule has 1 unspecified atom stereocenters. The largest absolute Gasteiger partial charge is 0.444 e. The van der Waals surface area contributed by atoms with Crippen molar-refractivity contribution in [2.24, 2.45) is 10.9 Å². The van der Waals surface area contributed by atoms with E-state index < -0.39 is 5.60 Å². The molecule has 0 radical (unpaired) electrons. The van der Waals surface area contributed by atoms with E-state index in [-0.39, 0.29) is 35.9 Å². The fourth-order valence-electron chi connectivity index (χ4n) is 2.97. The van der Waals surface area contributed by atoms with E-state index in [1.165, 1.54) is 12.1 Å². The lowest BCUT2D eigenvalue weighted by Crippen LogP contribution is -2.47. The smallest absolute Gasteiger partial charge is 0.410 e. The highest BCUT2D eigenvalue weighted by Gasteiger charge is 2.27. The molecule has 1 aromatic rings. The van der Waals surface area contributed by atoms with Gasteiger partial charge in [0.1, 0.15) is 11.4 Å². The Balaban J connectivity index is 0.00000392. The van der Waals surface area contributed by atoms with Crippen molar-refractivity contribution >= 4 is 36.0 Å². The van der Waals surface area contributed by atoms with Crippen LogP contribution >= 0.6 is 24.0 Å². The zero-order valence-corrected chi connectivity index (χ0v) is 19.5. The fourth-order valence-corrected chi connectivity index (χ4v) is 2.97. The van der Waals surface area contributed by atoms with Crippen molar-refractivity contribution < 1.29 is 13.9 Å². The molecule has 0 spiro atoms. The first-order chi connectivity index (χ1) is 12.8. The quantitative estimate of drug-likeness (QED) is 0.371. The van der Waals surface area contributed by atoms with Gasteiger partial charge in [0.2, 0.25) is 0 Å². The van der Waals surface area contributed by atoms with Gasteiger partial charge < -0.3 is 20.3 Å². The van der Waals surface area contributed by atoms with Crippen LogP contribution in [-0.2, 0) is 11.3 Å². The van der Waals surface area contributed by atoms with Crippen LogP contribution in [0, 0.1) is 11.7 Å². The number of hydrogen-bond acceptors (Lipinski definition) is 3. The molecule has 1 atom stereocenters. The van der Waals surface area contributed by atoms with Crippen molar-refractivity contribution in [1.82, 2.24) is 15.5 Å². The molecule has 8 heteroatoms. The summed E-state index contributed by atoms with van der Waals surface area (Å²) in [6, 6.07) is 6.38. The lowest BCUT2D eigenvalue weighted by Gasteiger charge is -2.34. The number of rotatable bonds is 4. The van der Waals surface area contributed by atoms with Crippen LogP contribution in [0.4, 0.5) is 9.18 Å². The van der Waals surface area contributed by atoms with Crippen molar-refractivity contribution in [3.8, 4) is 0 Å². The average molecular weight is 506 g/mol. The summed E-state index contributed by atoms with van der Waals surface area (Å²) in [5, 5.41) is 6.54. The van der Waals surface area contributed by atoms with Gasteiger partial charge in [0, 0.05) is 33.2 Å². The zero-order chi connectivity index (χ0) is 19.9. The summed E-state index contributed by atoms with van der Waals surface area (Å²) in [5.74, 6) is 0.789. The summed E-state index contributed by atoms with van der Waals surface area (Å²) in [6.45, 7) is 8.34. The minimum absolute atomic E-state index is 0. The second-order valence-corrected chi connectivity index (χ2v) is 7.87. The van der Waals surface area contributed by atoms with E-state index in [2.05, 4.69) is 15.6 Å². The normalized spacial score (nSPS) is 17.5. The highest BCUT2D eigenvalue weighted by molar-refractivity contribution is 14.0. The Morgan fingerprint density at radius 1 is 1.29 bits per heavy atom. The number of carbonyl (C=O) groups is 1. The number of likely N-dealkylation sites (tertiary alicyclic amines) is 1. The minimum atomic E-state index is -0.478. The lowest BCUT2D eigenvalue weighted by molar-refractivity contribution is 0.0168. The molecule has 1 amide bonds. The number of aliphatic imine (C=N–C) groups is 1. The van der Waals surface area contributed by atoms with Crippen molar-refractivity contribution in [3.63, 3.8) is 0 Å². The van der Waals surface area contributed by atoms with E-state index in [4.69, 9.17) is 4.74 Å². The first-order valence-electron chi connectivity index (χ1n) is 9.44. The first-order valence-corrected chi connectivity index (χ1v) is 9.44.